The Balaban J connectivity index is 2.21. The Morgan fingerprint density at radius 3 is 2.94 bits per heavy atom. The number of hydrogen-bond acceptors (Lipinski definition) is 3. The van der Waals surface area contributed by atoms with E-state index >= 15 is 0 Å². The van der Waals surface area contributed by atoms with Crippen LogP contribution in [0.15, 0.2) is 24.3 Å². The smallest absolute Gasteiger partial charge is 0.123 e. The standard InChI is InChI=1S/C14H21NO2/c1-3-12-11(8-9-17-12)14(15)10-6-4-5-7-13(10)16-2/h4-7,11-12,14H,3,8-9,15H2,1-2H3. The molecule has 3 atom stereocenters. The quantitative estimate of drug-likeness (QED) is 0.872. The molecule has 3 heteroatoms. The predicted octanol–water partition coefficient (Wildman–Crippen LogP) is 2.51. The van der Waals surface area contributed by atoms with Crippen molar-refractivity contribution < 1.29 is 9.47 Å². The van der Waals surface area contributed by atoms with Gasteiger partial charge in [0, 0.05) is 24.1 Å². The number of rotatable bonds is 4. The summed E-state index contributed by atoms with van der Waals surface area (Å²) in [4.78, 5) is 0. The summed E-state index contributed by atoms with van der Waals surface area (Å²) >= 11 is 0. The normalized spacial score (nSPS) is 25.8. The molecular weight excluding hydrogens is 214 g/mol. The molecule has 0 amide bonds. The molecule has 0 aliphatic carbocycles. The minimum atomic E-state index is -0.00130. The molecule has 1 aliphatic heterocycles. The van der Waals surface area contributed by atoms with Crippen molar-refractivity contribution in [2.24, 2.45) is 11.7 Å². The molecule has 17 heavy (non-hydrogen) atoms. The van der Waals surface area contributed by atoms with E-state index in [1.165, 1.54) is 0 Å². The van der Waals surface area contributed by atoms with E-state index in [4.69, 9.17) is 15.2 Å². The summed E-state index contributed by atoms with van der Waals surface area (Å²) in [7, 11) is 1.69. The topological polar surface area (TPSA) is 44.5 Å². The molecule has 1 aromatic carbocycles. The Morgan fingerprint density at radius 1 is 1.47 bits per heavy atom. The average Bonchev–Trinajstić information content (AvgIpc) is 2.86. The minimum absolute atomic E-state index is 0.00130. The maximum Gasteiger partial charge on any atom is 0.123 e. The molecule has 1 aliphatic rings. The molecule has 1 heterocycles. The number of methoxy groups -OCH3 is 1. The second-order valence-corrected chi connectivity index (χ2v) is 4.54. The van der Waals surface area contributed by atoms with Gasteiger partial charge in [-0.2, -0.15) is 0 Å². The van der Waals surface area contributed by atoms with Crippen LogP contribution < -0.4 is 10.5 Å². The largest absolute Gasteiger partial charge is 0.496 e. The monoisotopic (exact) mass is 235 g/mol. The van der Waals surface area contributed by atoms with Gasteiger partial charge in [-0.1, -0.05) is 25.1 Å². The SMILES string of the molecule is CCC1OCCC1C(N)c1ccccc1OC. The van der Waals surface area contributed by atoms with Crippen molar-refractivity contribution in [2.75, 3.05) is 13.7 Å². The van der Waals surface area contributed by atoms with Crippen molar-refractivity contribution in [3.05, 3.63) is 29.8 Å². The Morgan fingerprint density at radius 2 is 2.24 bits per heavy atom. The number of hydrogen-bond donors (Lipinski definition) is 1. The highest BCUT2D eigenvalue weighted by Gasteiger charge is 2.33. The van der Waals surface area contributed by atoms with Crippen LogP contribution in [0, 0.1) is 5.92 Å². The lowest BCUT2D eigenvalue weighted by molar-refractivity contribution is 0.0811. The first kappa shape index (κ1) is 12.4. The summed E-state index contributed by atoms with van der Waals surface area (Å²) in [5.74, 6) is 1.28. The van der Waals surface area contributed by atoms with Crippen molar-refractivity contribution in [2.45, 2.75) is 31.9 Å². The molecule has 2 rings (SSSR count). The fourth-order valence-corrected chi connectivity index (χ4v) is 2.67. The molecule has 0 bridgehead atoms. The van der Waals surface area contributed by atoms with Gasteiger partial charge in [-0.05, 0) is 18.9 Å². The van der Waals surface area contributed by atoms with E-state index in [1.807, 2.05) is 18.2 Å². The van der Waals surface area contributed by atoms with E-state index in [0.717, 1.165) is 30.8 Å². The van der Waals surface area contributed by atoms with Crippen molar-refractivity contribution in [1.82, 2.24) is 0 Å². The molecule has 1 saturated heterocycles. The number of para-hydroxylation sites is 1. The zero-order valence-corrected chi connectivity index (χ0v) is 10.6. The van der Waals surface area contributed by atoms with Gasteiger partial charge in [0.25, 0.3) is 0 Å². The lowest BCUT2D eigenvalue weighted by atomic mass is 9.87. The molecule has 2 N–H and O–H groups in total. The highest BCUT2D eigenvalue weighted by atomic mass is 16.5. The van der Waals surface area contributed by atoms with Gasteiger partial charge in [-0.15, -0.1) is 0 Å². The third-order valence-electron chi connectivity index (χ3n) is 3.62. The van der Waals surface area contributed by atoms with E-state index in [0.29, 0.717) is 5.92 Å². The van der Waals surface area contributed by atoms with Gasteiger partial charge in [0.15, 0.2) is 0 Å². The van der Waals surface area contributed by atoms with Crippen LogP contribution in [0.4, 0.5) is 0 Å². The van der Waals surface area contributed by atoms with Crippen LogP contribution in [0.3, 0.4) is 0 Å². The summed E-state index contributed by atoms with van der Waals surface area (Å²) in [5, 5.41) is 0. The Labute approximate surface area is 103 Å². The van der Waals surface area contributed by atoms with E-state index in [-0.39, 0.29) is 12.1 Å². The van der Waals surface area contributed by atoms with Gasteiger partial charge in [0.1, 0.15) is 5.75 Å². The lowest BCUT2D eigenvalue weighted by Crippen LogP contribution is -2.28. The molecule has 0 radical (unpaired) electrons. The summed E-state index contributed by atoms with van der Waals surface area (Å²) in [6.07, 6.45) is 2.35. The molecule has 1 aromatic rings. The van der Waals surface area contributed by atoms with Crippen LogP contribution in [0.2, 0.25) is 0 Å². The van der Waals surface area contributed by atoms with Gasteiger partial charge < -0.3 is 15.2 Å². The zero-order chi connectivity index (χ0) is 12.3. The van der Waals surface area contributed by atoms with Crippen molar-refractivity contribution >= 4 is 0 Å². The van der Waals surface area contributed by atoms with Crippen LogP contribution in [0.25, 0.3) is 0 Å². The van der Waals surface area contributed by atoms with Crippen molar-refractivity contribution in [1.29, 1.82) is 0 Å². The summed E-state index contributed by atoms with van der Waals surface area (Å²) < 4.78 is 11.1. The van der Waals surface area contributed by atoms with Crippen molar-refractivity contribution in [3.8, 4) is 5.75 Å². The third-order valence-corrected chi connectivity index (χ3v) is 3.62. The van der Waals surface area contributed by atoms with Crippen LogP contribution >= 0.6 is 0 Å². The number of nitrogens with two attached hydrogens (primary N) is 1. The number of ether oxygens (including phenoxy) is 2. The Bertz CT molecular complexity index is 367. The Kier molecular flexibility index (Phi) is 4.02. The van der Waals surface area contributed by atoms with Crippen LogP contribution in [0.5, 0.6) is 5.75 Å². The summed E-state index contributed by atoms with van der Waals surface area (Å²) in [6, 6.07) is 7.99. The van der Waals surface area contributed by atoms with Crippen LogP contribution in [-0.2, 0) is 4.74 Å². The molecule has 0 spiro atoms. The van der Waals surface area contributed by atoms with Gasteiger partial charge in [0.2, 0.25) is 0 Å². The molecule has 3 unspecified atom stereocenters. The van der Waals surface area contributed by atoms with Gasteiger partial charge >= 0.3 is 0 Å². The second-order valence-electron chi connectivity index (χ2n) is 4.54. The van der Waals surface area contributed by atoms with E-state index in [2.05, 4.69) is 13.0 Å². The van der Waals surface area contributed by atoms with Gasteiger partial charge in [-0.3, -0.25) is 0 Å². The first-order valence-electron chi connectivity index (χ1n) is 6.28. The second kappa shape index (κ2) is 5.52. The summed E-state index contributed by atoms with van der Waals surface area (Å²) in [5.41, 5.74) is 7.47. The fraction of sp³-hybridized carbons (Fsp3) is 0.571. The van der Waals surface area contributed by atoms with E-state index in [1.54, 1.807) is 7.11 Å². The van der Waals surface area contributed by atoms with E-state index < -0.39 is 0 Å². The molecule has 0 saturated carbocycles. The summed E-state index contributed by atoms with van der Waals surface area (Å²) in [6.45, 7) is 2.98. The van der Waals surface area contributed by atoms with Crippen LogP contribution in [0.1, 0.15) is 31.4 Å². The highest BCUT2D eigenvalue weighted by molar-refractivity contribution is 5.36. The average molecular weight is 235 g/mol. The predicted molar refractivity (Wildman–Crippen MR) is 68.1 cm³/mol. The number of benzene rings is 1. The first-order chi connectivity index (χ1) is 8.27. The molecule has 1 fully saturated rings. The molecule has 94 valence electrons. The molecule has 0 aromatic heterocycles. The third kappa shape index (κ3) is 2.45. The zero-order valence-electron chi connectivity index (χ0n) is 10.6. The molecule has 3 nitrogen and oxygen atoms in total. The van der Waals surface area contributed by atoms with Gasteiger partial charge in [-0.25, -0.2) is 0 Å². The van der Waals surface area contributed by atoms with E-state index in [9.17, 15) is 0 Å². The minimum Gasteiger partial charge on any atom is -0.496 e. The highest BCUT2D eigenvalue weighted by Crippen LogP contribution is 2.36. The Hall–Kier alpha value is -1.06. The van der Waals surface area contributed by atoms with Crippen LogP contribution in [-0.4, -0.2) is 19.8 Å². The molecular formula is C14H21NO2. The fourth-order valence-electron chi connectivity index (χ4n) is 2.67. The maximum absolute atomic E-state index is 6.38. The maximum atomic E-state index is 6.38. The van der Waals surface area contributed by atoms with Crippen molar-refractivity contribution in [3.63, 3.8) is 0 Å². The van der Waals surface area contributed by atoms with Gasteiger partial charge in [0.05, 0.1) is 13.2 Å². The lowest BCUT2D eigenvalue weighted by Gasteiger charge is -2.25. The first-order valence-corrected chi connectivity index (χ1v) is 6.28.